The van der Waals surface area contributed by atoms with Gasteiger partial charge in [0, 0.05) is 29.2 Å². The van der Waals surface area contributed by atoms with Crippen LogP contribution in [0.2, 0.25) is 0 Å². The molecule has 0 saturated carbocycles. The second-order valence-corrected chi connectivity index (χ2v) is 10.0. The summed E-state index contributed by atoms with van der Waals surface area (Å²) in [6.45, 7) is 0. The number of hydrogen-bond donors (Lipinski definition) is 1. The second kappa shape index (κ2) is 8.42. The smallest absolute Gasteiger partial charge is 0.255 e. The summed E-state index contributed by atoms with van der Waals surface area (Å²) in [7, 11) is 1.57. The predicted molar refractivity (Wildman–Crippen MR) is 143 cm³/mol. The quantitative estimate of drug-likeness (QED) is 0.384. The molecule has 3 aliphatic carbocycles. The Labute approximate surface area is 219 Å². The molecule has 3 amide bonds. The summed E-state index contributed by atoms with van der Waals surface area (Å²) >= 11 is 0. The molecule has 4 aromatic carbocycles. The van der Waals surface area contributed by atoms with Gasteiger partial charge in [0.15, 0.2) is 0 Å². The molecule has 1 N–H and O–H groups in total. The van der Waals surface area contributed by atoms with Crippen LogP contribution >= 0.6 is 0 Å². The molecule has 4 aromatic rings. The third-order valence-electron chi connectivity index (χ3n) is 8.16. The maximum absolute atomic E-state index is 13.9. The molecule has 6 nitrogen and oxygen atoms in total. The molecule has 38 heavy (non-hydrogen) atoms. The minimum Gasteiger partial charge on any atom is -0.497 e. The van der Waals surface area contributed by atoms with E-state index in [0.717, 1.165) is 22.3 Å². The van der Waals surface area contributed by atoms with Gasteiger partial charge < -0.3 is 10.1 Å². The van der Waals surface area contributed by atoms with Crippen LogP contribution in [-0.4, -0.2) is 24.8 Å². The second-order valence-electron chi connectivity index (χ2n) is 10.0. The zero-order valence-electron chi connectivity index (χ0n) is 20.6. The fourth-order valence-corrected chi connectivity index (χ4v) is 6.60. The lowest BCUT2D eigenvalue weighted by Crippen LogP contribution is -2.41. The Morgan fingerprint density at radius 3 is 1.74 bits per heavy atom. The minimum atomic E-state index is -0.437. The van der Waals surface area contributed by atoms with E-state index >= 15 is 0 Å². The van der Waals surface area contributed by atoms with Crippen molar-refractivity contribution in [3.8, 4) is 5.75 Å². The number of imide groups is 1. The summed E-state index contributed by atoms with van der Waals surface area (Å²) < 4.78 is 5.22. The van der Waals surface area contributed by atoms with Crippen LogP contribution in [0.25, 0.3) is 0 Å². The number of nitrogens with one attached hydrogen (secondary N) is 1. The SMILES string of the molecule is COc1cccc(NC(=O)c2ccc(N3C(=O)[C@@H]4C5c6ccccc6C(c6ccccc65)[C@H]4C3=O)cc2)c1. The molecule has 0 spiro atoms. The molecule has 186 valence electrons. The van der Waals surface area contributed by atoms with Crippen molar-refractivity contribution in [3.05, 3.63) is 125 Å². The first-order chi connectivity index (χ1) is 18.6. The summed E-state index contributed by atoms with van der Waals surface area (Å²) in [4.78, 5) is 41.9. The van der Waals surface area contributed by atoms with Crippen LogP contribution in [-0.2, 0) is 9.59 Å². The van der Waals surface area contributed by atoms with Gasteiger partial charge >= 0.3 is 0 Å². The number of carbonyl (C=O) groups is 3. The normalized spacial score (nSPS) is 22.5. The van der Waals surface area contributed by atoms with E-state index in [2.05, 4.69) is 29.6 Å². The standard InChI is InChI=1S/C32H24N2O4/c1-38-21-8-6-7-19(17-21)33-30(35)18-13-15-20(16-14-18)34-31(36)28-26-22-9-2-3-10-23(22)27(29(28)32(34)37)25-12-5-4-11-24(25)26/h2-17,26-29H,1H3,(H,33,35)/t26?,27?,28-,29-/m1/s1. The fraction of sp³-hybridized carbons (Fsp3) is 0.156. The van der Waals surface area contributed by atoms with Crippen molar-refractivity contribution >= 4 is 29.1 Å². The number of carbonyl (C=O) groups excluding carboxylic acids is 3. The number of anilines is 2. The molecule has 1 aliphatic heterocycles. The molecule has 0 aromatic heterocycles. The van der Waals surface area contributed by atoms with Gasteiger partial charge in [-0.3, -0.25) is 14.4 Å². The van der Waals surface area contributed by atoms with Crippen LogP contribution in [0.1, 0.15) is 44.4 Å². The summed E-state index contributed by atoms with van der Waals surface area (Å²) in [6, 6.07) is 30.1. The van der Waals surface area contributed by atoms with Crippen LogP contribution in [0.15, 0.2) is 97.1 Å². The van der Waals surface area contributed by atoms with E-state index in [1.54, 1.807) is 55.6 Å². The molecular formula is C32H24N2O4. The average Bonchev–Trinajstić information content (AvgIpc) is 3.23. The number of ether oxygens (including phenoxy) is 1. The van der Waals surface area contributed by atoms with Crippen LogP contribution in [0.5, 0.6) is 5.75 Å². The van der Waals surface area contributed by atoms with Gasteiger partial charge in [-0.25, -0.2) is 4.90 Å². The van der Waals surface area contributed by atoms with Crippen LogP contribution in [0, 0.1) is 11.8 Å². The third kappa shape index (κ3) is 3.16. The highest BCUT2D eigenvalue weighted by atomic mass is 16.5. The predicted octanol–water partition coefficient (Wildman–Crippen LogP) is 5.34. The molecule has 2 atom stereocenters. The van der Waals surface area contributed by atoms with Crippen molar-refractivity contribution in [1.82, 2.24) is 0 Å². The molecule has 0 unspecified atom stereocenters. The lowest BCUT2D eigenvalue weighted by atomic mass is 9.55. The average molecular weight is 501 g/mol. The van der Waals surface area contributed by atoms with E-state index in [1.807, 2.05) is 24.3 Å². The lowest BCUT2D eigenvalue weighted by Gasteiger charge is -2.45. The maximum Gasteiger partial charge on any atom is 0.255 e. The number of methoxy groups -OCH3 is 1. The largest absolute Gasteiger partial charge is 0.497 e. The zero-order valence-corrected chi connectivity index (χ0v) is 20.6. The highest BCUT2D eigenvalue weighted by Crippen LogP contribution is 2.61. The van der Waals surface area contributed by atoms with Crippen LogP contribution in [0.3, 0.4) is 0 Å². The molecule has 4 aliphatic rings. The molecule has 6 heteroatoms. The van der Waals surface area contributed by atoms with Crippen molar-refractivity contribution in [2.24, 2.45) is 11.8 Å². The van der Waals surface area contributed by atoms with Gasteiger partial charge in [0.2, 0.25) is 11.8 Å². The Hall–Kier alpha value is -4.71. The van der Waals surface area contributed by atoms with Crippen molar-refractivity contribution in [1.29, 1.82) is 0 Å². The number of amides is 3. The lowest BCUT2D eigenvalue weighted by molar-refractivity contribution is -0.122. The molecule has 1 fully saturated rings. The number of hydrogen-bond acceptors (Lipinski definition) is 4. The maximum atomic E-state index is 13.9. The highest BCUT2D eigenvalue weighted by Gasteiger charge is 2.61. The monoisotopic (exact) mass is 500 g/mol. The first-order valence-corrected chi connectivity index (χ1v) is 12.7. The first kappa shape index (κ1) is 22.5. The van der Waals surface area contributed by atoms with Gasteiger partial charge in [0.25, 0.3) is 5.91 Å². The Balaban J connectivity index is 1.20. The van der Waals surface area contributed by atoms with Crippen molar-refractivity contribution < 1.29 is 19.1 Å². The third-order valence-corrected chi connectivity index (χ3v) is 8.16. The van der Waals surface area contributed by atoms with Gasteiger partial charge in [-0.1, -0.05) is 54.6 Å². The zero-order chi connectivity index (χ0) is 26.0. The first-order valence-electron chi connectivity index (χ1n) is 12.7. The van der Waals surface area contributed by atoms with Gasteiger partial charge in [0.05, 0.1) is 24.6 Å². The van der Waals surface area contributed by atoms with Gasteiger partial charge in [-0.05, 0) is 58.7 Å². The van der Waals surface area contributed by atoms with E-state index < -0.39 is 11.8 Å². The van der Waals surface area contributed by atoms with E-state index in [9.17, 15) is 14.4 Å². The fourth-order valence-electron chi connectivity index (χ4n) is 6.60. The van der Waals surface area contributed by atoms with Gasteiger partial charge in [-0.2, -0.15) is 0 Å². The Kier molecular flexibility index (Phi) is 4.98. The molecule has 0 radical (unpaired) electrons. The molecule has 2 bridgehead atoms. The molecule has 8 rings (SSSR count). The minimum absolute atomic E-state index is 0.147. The Morgan fingerprint density at radius 2 is 1.24 bits per heavy atom. The Bertz CT molecular complexity index is 1510. The number of benzene rings is 4. The molecular weight excluding hydrogens is 476 g/mol. The van der Waals surface area contributed by atoms with E-state index in [1.165, 1.54) is 4.90 Å². The molecule has 1 heterocycles. The van der Waals surface area contributed by atoms with Crippen LogP contribution in [0.4, 0.5) is 11.4 Å². The van der Waals surface area contributed by atoms with E-state index in [4.69, 9.17) is 4.74 Å². The van der Waals surface area contributed by atoms with Gasteiger partial charge in [-0.15, -0.1) is 0 Å². The Morgan fingerprint density at radius 1 is 0.711 bits per heavy atom. The summed E-state index contributed by atoms with van der Waals surface area (Å²) in [5.41, 5.74) is 6.10. The topological polar surface area (TPSA) is 75.7 Å². The summed E-state index contributed by atoms with van der Waals surface area (Å²) in [5, 5.41) is 2.85. The number of rotatable bonds is 4. The van der Waals surface area contributed by atoms with Crippen molar-refractivity contribution in [3.63, 3.8) is 0 Å². The molecule has 1 saturated heterocycles. The van der Waals surface area contributed by atoms with Crippen LogP contribution < -0.4 is 15.0 Å². The van der Waals surface area contributed by atoms with Gasteiger partial charge in [0.1, 0.15) is 5.75 Å². The van der Waals surface area contributed by atoms with Crippen molar-refractivity contribution in [2.45, 2.75) is 11.8 Å². The van der Waals surface area contributed by atoms with E-state index in [-0.39, 0.29) is 29.6 Å². The summed E-state index contributed by atoms with van der Waals surface area (Å²) in [5.74, 6) is -1.16. The number of nitrogens with zero attached hydrogens (tertiary/aromatic N) is 1. The summed E-state index contributed by atoms with van der Waals surface area (Å²) in [6.07, 6.45) is 0. The van der Waals surface area contributed by atoms with E-state index in [0.29, 0.717) is 22.7 Å². The highest BCUT2D eigenvalue weighted by molar-refractivity contribution is 6.23. The van der Waals surface area contributed by atoms with Crippen molar-refractivity contribution in [2.75, 3.05) is 17.3 Å².